The van der Waals surface area contributed by atoms with E-state index >= 15 is 0 Å². The van der Waals surface area contributed by atoms with E-state index in [4.69, 9.17) is 5.73 Å². The summed E-state index contributed by atoms with van der Waals surface area (Å²) in [7, 11) is 0. The molecule has 1 fully saturated rings. The van der Waals surface area contributed by atoms with Crippen molar-refractivity contribution in [1.82, 2.24) is 4.90 Å². The summed E-state index contributed by atoms with van der Waals surface area (Å²) in [6.45, 7) is 3.40. The zero-order valence-corrected chi connectivity index (χ0v) is 11.4. The Balaban J connectivity index is 2.04. The predicted octanol–water partition coefficient (Wildman–Crippen LogP) is 1.06. The minimum absolute atomic E-state index is 0.0703. The van der Waals surface area contributed by atoms with Crippen LogP contribution < -0.4 is 5.73 Å². The summed E-state index contributed by atoms with van der Waals surface area (Å²) in [5.74, 6) is 0.0703. The topological polar surface area (TPSA) is 66.6 Å². The molecule has 19 heavy (non-hydrogen) atoms. The zero-order chi connectivity index (χ0) is 13.9. The van der Waals surface area contributed by atoms with Gasteiger partial charge in [0.2, 0.25) is 5.91 Å². The summed E-state index contributed by atoms with van der Waals surface area (Å²) in [4.78, 5) is 14.1. The molecule has 1 aromatic rings. The Kier molecular flexibility index (Phi) is 4.22. The molecule has 1 amide bonds. The summed E-state index contributed by atoms with van der Waals surface area (Å²) in [6.07, 6.45) is 1.98. The van der Waals surface area contributed by atoms with Crippen LogP contribution in [0.2, 0.25) is 0 Å². The largest absolute Gasteiger partial charge is 0.388 e. The van der Waals surface area contributed by atoms with Crippen molar-refractivity contribution < 1.29 is 9.90 Å². The fourth-order valence-electron chi connectivity index (χ4n) is 2.64. The second kappa shape index (κ2) is 5.72. The number of rotatable bonds is 3. The van der Waals surface area contributed by atoms with Gasteiger partial charge in [-0.3, -0.25) is 4.79 Å². The molecule has 0 bridgehead atoms. The third-order valence-electron chi connectivity index (χ3n) is 3.71. The molecule has 2 rings (SSSR count). The van der Waals surface area contributed by atoms with Crippen LogP contribution in [0.5, 0.6) is 0 Å². The SMILES string of the molecule is CC1(O)CCCN(C(=O)Cc2ccccc2CN)C1. The molecule has 4 heteroatoms. The average molecular weight is 262 g/mol. The number of hydrogen-bond donors (Lipinski definition) is 2. The molecule has 1 heterocycles. The van der Waals surface area contributed by atoms with Crippen molar-refractivity contribution >= 4 is 5.91 Å². The van der Waals surface area contributed by atoms with E-state index in [0.29, 0.717) is 19.5 Å². The first-order chi connectivity index (χ1) is 9.02. The maximum Gasteiger partial charge on any atom is 0.227 e. The van der Waals surface area contributed by atoms with Crippen molar-refractivity contribution in [1.29, 1.82) is 0 Å². The smallest absolute Gasteiger partial charge is 0.227 e. The molecule has 1 aliphatic rings. The maximum atomic E-state index is 12.3. The molecule has 0 aliphatic carbocycles. The van der Waals surface area contributed by atoms with Gasteiger partial charge in [0.05, 0.1) is 12.0 Å². The predicted molar refractivity (Wildman–Crippen MR) is 74.5 cm³/mol. The number of hydrogen-bond acceptors (Lipinski definition) is 3. The Morgan fingerprint density at radius 2 is 2.11 bits per heavy atom. The number of piperidine rings is 1. The molecule has 0 radical (unpaired) electrons. The highest BCUT2D eigenvalue weighted by Crippen LogP contribution is 2.21. The molecular weight excluding hydrogens is 240 g/mol. The van der Waals surface area contributed by atoms with Crippen LogP contribution in [0.1, 0.15) is 30.9 Å². The Labute approximate surface area is 114 Å². The van der Waals surface area contributed by atoms with E-state index < -0.39 is 5.60 Å². The lowest BCUT2D eigenvalue weighted by molar-refractivity contribution is -0.136. The highest BCUT2D eigenvalue weighted by Gasteiger charge is 2.30. The number of aliphatic hydroxyl groups is 1. The molecule has 0 spiro atoms. The second-order valence-electron chi connectivity index (χ2n) is 5.57. The zero-order valence-electron chi connectivity index (χ0n) is 11.4. The average Bonchev–Trinajstić information content (AvgIpc) is 2.38. The van der Waals surface area contributed by atoms with Gasteiger partial charge < -0.3 is 15.7 Å². The van der Waals surface area contributed by atoms with Gasteiger partial charge in [-0.05, 0) is 30.9 Å². The van der Waals surface area contributed by atoms with Gasteiger partial charge in [0, 0.05) is 19.6 Å². The van der Waals surface area contributed by atoms with Crippen LogP contribution in [0.15, 0.2) is 24.3 Å². The fourth-order valence-corrected chi connectivity index (χ4v) is 2.64. The number of likely N-dealkylation sites (tertiary alicyclic amines) is 1. The molecule has 1 aliphatic heterocycles. The Morgan fingerprint density at radius 3 is 2.74 bits per heavy atom. The highest BCUT2D eigenvalue weighted by molar-refractivity contribution is 5.79. The molecular formula is C15H22N2O2. The summed E-state index contributed by atoms with van der Waals surface area (Å²) >= 11 is 0. The number of amides is 1. The number of nitrogens with two attached hydrogens (primary N) is 1. The minimum atomic E-state index is -0.749. The Morgan fingerprint density at radius 1 is 1.42 bits per heavy atom. The third-order valence-corrected chi connectivity index (χ3v) is 3.71. The molecule has 1 atom stereocenters. The quantitative estimate of drug-likeness (QED) is 0.856. The lowest BCUT2D eigenvalue weighted by Gasteiger charge is -2.37. The Hall–Kier alpha value is -1.39. The number of carbonyl (C=O) groups is 1. The standard InChI is InChI=1S/C15H22N2O2/c1-15(19)7-4-8-17(11-15)14(18)9-12-5-2-3-6-13(12)10-16/h2-3,5-6,19H,4,7-11,16H2,1H3. The molecule has 3 N–H and O–H groups in total. The van der Waals surface area contributed by atoms with E-state index in [9.17, 15) is 9.90 Å². The fraction of sp³-hybridized carbons (Fsp3) is 0.533. The highest BCUT2D eigenvalue weighted by atomic mass is 16.3. The number of benzene rings is 1. The van der Waals surface area contributed by atoms with Crippen LogP contribution >= 0.6 is 0 Å². The van der Waals surface area contributed by atoms with Gasteiger partial charge in [0.1, 0.15) is 0 Å². The first-order valence-electron chi connectivity index (χ1n) is 6.79. The third kappa shape index (κ3) is 3.55. The van der Waals surface area contributed by atoms with Crippen molar-refractivity contribution in [3.05, 3.63) is 35.4 Å². The van der Waals surface area contributed by atoms with Crippen LogP contribution in [0.25, 0.3) is 0 Å². The van der Waals surface area contributed by atoms with E-state index in [1.807, 2.05) is 24.3 Å². The van der Waals surface area contributed by atoms with Crippen molar-refractivity contribution in [3.8, 4) is 0 Å². The molecule has 1 aromatic carbocycles. The van der Waals surface area contributed by atoms with Crippen LogP contribution in [-0.4, -0.2) is 34.6 Å². The second-order valence-corrected chi connectivity index (χ2v) is 5.57. The summed E-state index contributed by atoms with van der Waals surface area (Å²) in [5, 5.41) is 10.0. The maximum absolute atomic E-state index is 12.3. The van der Waals surface area contributed by atoms with Crippen molar-refractivity contribution in [2.24, 2.45) is 5.73 Å². The first kappa shape index (κ1) is 14.0. The molecule has 4 nitrogen and oxygen atoms in total. The van der Waals surface area contributed by atoms with Crippen LogP contribution in [0.4, 0.5) is 0 Å². The molecule has 0 aromatic heterocycles. The van der Waals surface area contributed by atoms with Gasteiger partial charge in [0.15, 0.2) is 0 Å². The normalized spacial score (nSPS) is 23.4. The van der Waals surface area contributed by atoms with Gasteiger partial charge in [-0.15, -0.1) is 0 Å². The molecule has 1 saturated heterocycles. The van der Waals surface area contributed by atoms with Gasteiger partial charge in [0.25, 0.3) is 0 Å². The van der Waals surface area contributed by atoms with Crippen molar-refractivity contribution in [2.75, 3.05) is 13.1 Å². The summed E-state index contributed by atoms with van der Waals surface area (Å²) in [5.41, 5.74) is 6.93. The van der Waals surface area contributed by atoms with E-state index in [0.717, 1.165) is 30.5 Å². The van der Waals surface area contributed by atoms with Crippen LogP contribution in [0.3, 0.4) is 0 Å². The van der Waals surface area contributed by atoms with E-state index in [-0.39, 0.29) is 5.91 Å². The molecule has 104 valence electrons. The van der Waals surface area contributed by atoms with E-state index in [1.54, 1.807) is 11.8 Å². The van der Waals surface area contributed by atoms with Gasteiger partial charge in [-0.2, -0.15) is 0 Å². The van der Waals surface area contributed by atoms with Gasteiger partial charge >= 0.3 is 0 Å². The van der Waals surface area contributed by atoms with Crippen molar-refractivity contribution in [3.63, 3.8) is 0 Å². The van der Waals surface area contributed by atoms with E-state index in [2.05, 4.69) is 0 Å². The van der Waals surface area contributed by atoms with Gasteiger partial charge in [-0.25, -0.2) is 0 Å². The summed E-state index contributed by atoms with van der Waals surface area (Å²) in [6, 6.07) is 7.76. The Bertz CT molecular complexity index is 457. The number of nitrogens with zero attached hydrogens (tertiary/aromatic N) is 1. The summed E-state index contributed by atoms with van der Waals surface area (Å²) < 4.78 is 0. The monoisotopic (exact) mass is 262 g/mol. The lowest BCUT2D eigenvalue weighted by atomic mass is 9.94. The van der Waals surface area contributed by atoms with Crippen LogP contribution in [-0.2, 0) is 17.8 Å². The molecule has 0 saturated carbocycles. The van der Waals surface area contributed by atoms with Crippen LogP contribution in [0, 0.1) is 0 Å². The molecule has 1 unspecified atom stereocenters. The van der Waals surface area contributed by atoms with Gasteiger partial charge in [-0.1, -0.05) is 24.3 Å². The number of β-amino-alcohol motifs (C(OH)–C–C–N with tert-alkyl or cyclic N) is 1. The van der Waals surface area contributed by atoms with Crippen molar-refractivity contribution in [2.45, 2.75) is 38.3 Å². The first-order valence-corrected chi connectivity index (χ1v) is 6.79. The number of carbonyl (C=O) groups excluding carboxylic acids is 1. The lowest BCUT2D eigenvalue weighted by Crippen LogP contribution is -2.49. The minimum Gasteiger partial charge on any atom is -0.388 e. The van der Waals surface area contributed by atoms with E-state index in [1.165, 1.54) is 0 Å².